The Kier molecular flexibility index (Phi) is 6.60. The van der Waals surface area contributed by atoms with Crippen LogP contribution in [0.2, 0.25) is 0 Å². The number of aromatic nitrogens is 7. The Labute approximate surface area is 251 Å². The van der Waals surface area contributed by atoms with Gasteiger partial charge in [-0.1, -0.05) is 12.1 Å². The van der Waals surface area contributed by atoms with Crippen LogP contribution in [-0.4, -0.2) is 41.4 Å². The lowest BCUT2D eigenvalue weighted by Gasteiger charge is -2.15. The number of pyridine rings is 1. The number of rotatable bonds is 7. The van der Waals surface area contributed by atoms with E-state index in [0.29, 0.717) is 49.8 Å². The fourth-order valence-corrected chi connectivity index (χ4v) is 5.81. The van der Waals surface area contributed by atoms with Crippen LogP contribution in [0.25, 0.3) is 28.1 Å². The number of aryl methyl sites for hydroxylation is 1. The molecule has 0 atom stereocenters. The lowest BCUT2D eigenvalue weighted by molar-refractivity contribution is -0.141. The zero-order valence-electron chi connectivity index (χ0n) is 23.2. The van der Waals surface area contributed by atoms with E-state index in [1.165, 1.54) is 18.1 Å². The van der Waals surface area contributed by atoms with Crippen LogP contribution in [0.15, 0.2) is 52.0 Å². The van der Waals surface area contributed by atoms with Crippen molar-refractivity contribution >= 4 is 27.0 Å². The smallest absolute Gasteiger partial charge is 0.435 e. The van der Waals surface area contributed by atoms with E-state index in [-0.39, 0.29) is 23.9 Å². The molecule has 4 heterocycles. The number of methoxy groups -OCH3 is 1. The minimum absolute atomic E-state index is 0.0704. The van der Waals surface area contributed by atoms with Gasteiger partial charge in [0.15, 0.2) is 11.5 Å². The fraction of sp³-hybridized carbons (Fsp3) is 0.333. The molecule has 0 spiro atoms. The molecule has 2 aliphatic carbocycles. The summed E-state index contributed by atoms with van der Waals surface area (Å²) in [5, 5.41) is 4.57. The molecule has 43 heavy (non-hydrogen) atoms. The van der Waals surface area contributed by atoms with Crippen LogP contribution in [0.5, 0.6) is 5.88 Å². The molecule has 220 valence electrons. The topological polar surface area (TPSA) is 101 Å². The summed E-state index contributed by atoms with van der Waals surface area (Å²) >= 11 is 3.40. The van der Waals surface area contributed by atoms with Crippen molar-refractivity contribution in [1.82, 2.24) is 34.3 Å². The summed E-state index contributed by atoms with van der Waals surface area (Å²) in [6.45, 7) is 2.03. The standard InChI is InChI=1S/C30H25BrF3N7O2/c1-15-20-11-21(31)29(42)40(27(20)38-26(37-15)24-25(18-7-8-18)35-14-36-28(24)43-2)13-16-3-9-19(10-4-16)41-22(17-5-6-17)12-23(39-41)30(32,33)34/h3-4,9-12,14,17-18H,5-8,13H2,1-2H3. The van der Waals surface area contributed by atoms with Crippen molar-refractivity contribution in [2.45, 2.75) is 57.2 Å². The summed E-state index contributed by atoms with van der Waals surface area (Å²) in [7, 11) is 1.54. The first kappa shape index (κ1) is 27.7. The van der Waals surface area contributed by atoms with E-state index in [0.717, 1.165) is 43.0 Å². The van der Waals surface area contributed by atoms with Crippen molar-refractivity contribution in [3.63, 3.8) is 0 Å². The summed E-state index contributed by atoms with van der Waals surface area (Å²) in [6, 6.07) is 9.87. The first-order valence-electron chi connectivity index (χ1n) is 13.9. The van der Waals surface area contributed by atoms with Crippen molar-refractivity contribution in [3.8, 4) is 23.0 Å². The van der Waals surface area contributed by atoms with Crippen molar-refractivity contribution in [1.29, 1.82) is 0 Å². The molecule has 1 aromatic carbocycles. The van der Waals surface area contributed by atoms with E-state index in [1.807, 2.05) is 6.92 Å². The Hall–Kier alpha value is -4.13. The van der Waals surface area contributed by atoms with Gasteiger partial charge in [-0.2, -0.15) is 18.3 Å². The highest BCUT2D eigenvalue weighted by molar-refractivity contribution is 9.10. The molecular formula is C30H25BrF3N7O2. The second-order valence-corrected chi connectivity index (χ2v) is 11.8. The lowest BCUT2D eigenvalue weighted by atomic mass is 10.1. The van der Waals surface area contributed by atoms with Gasteiger partial charge >= 0.3 is 6.18 Å². The SMILES string of the molecule is COc1ncnc(C2CC2)c1-c1nc(C)c2cc(Br)c(=O)n(Cc3ccc(-n4nc(C(F)(F)F)cc4C4CC4)cc3)c2n1. The van der Waals surface area contributed by atoms with Gasteiger partial charge in [0.1, 0.15) is 17.5 Å². The largest absolute Gasteiger partial charge is 0.480 e. The highest BCUT2D eigenvalue weighted by Crippen LogP contribution is 2.45. The number of benzene rings is 1. The molecule has 0 bridgehead atoms. The van der Waals surface area contributed by atoms with E-state index < -0.39 is 11.9 Å². The van der Waals surface area contributed by atoms with Gasteiger partial charge in [-0.15, -0.1) is 0 Å². The molecule has 13 heteroatoms. The van der Waals surface area contributed by atoms with E-state index >= 15 is 0 Å². The Morgan fingerprint density at radius 2 is 1.74 bits per heavy atom. The van der Waals surface area contributed by atoms with Crippen molar-refractivity contribution in [2.24, 2.45) is 0 Å². The van der Waals surface area contributed by atoms with Gasteiger partial charge in [0, 0.05) is 22.9 Å². The molecule has 7 rings (SSSR count). The summed E-state index contributed by atoms with van der Waals surface area (Å²) < 4.78 is 49.1. The maximum atomic E-state index is 13.5. The maximum Gasteiger partial charge on any atom is 0.435 e. The van der Waals surface area contributed by atoms with Crippen LogP contribution in [0.3, 0.4) is 0 Å². The van der Waals surface area contributed by atoms with Crippen LogP contribution in [0, 0.1) is 6.92 Å². The molecule has 5 aromatic rings. The quantitative estimate of drug-likeness (QED) is 0.203. The molecule has 0 amide bonds. The first-order valence-corrected chi connectivity index (χ1v) is 14.6. The van der Waals surface area contributed by atoms with Crippen LogP contribution in [0.4, 0.5) is 13.2 Å². The average Bonchev–Trinajstić information content (AvgIpc) is 3.93. The maximum absolute atomic E-state index is 13.5. The molecule has 2 saturated carbocycles. The highest BCUT2D eigenvalue weighted by Gasteiger charge is 2.38. The van der Waals surface area contributed by atoms with Gasteiger partial charge in [-0.25, -0.2) is 24.6 Å². The third kappa shape index (κ3) is 5.09. The normalized spacial score (nSPS) is 15.3. The zero-order chi connectivity index (χ0) is 30.0. The van der Waals surface area contributed by atoms with E-state index in [9.17, 15) is 18.0 Å². The molecule has 0 radical (unpaired) electrons. The second-order valence-electron chi connectivity index (χ2n) is 11.0. The molecule has 9 nitrogen and oxygen atoms in total. The van der Waals surface area contributed by atoms with Crippen LogP contribution in [0.1, 0.15) is 65.9 Å². The number of nitrogens with zero attached hydrogens (tertiary/aromatic N) is 7. The summed E-state index contributed by atoms with van der Waals surface area (Å²) in [6.07, 6.45) is 0.642. The third-order valence-electron chi connectivity index (χ3n) is 7.86. The number of ether oxygens (including phenoxy) is 1. The molecule has 0 N–H and O–H groups in total. The van der Waals surface area contributed by atoms with E-state index in [2.05, 4.69) is 31.0 Å². The lowest BCUT2D eigenvalue weighted by Crippen LogP contribution is -2.23. The monoisotopic (exact) mass is 651 g/mol. The molecule has 0 saturated heterocycles. The Morgan fingerprint density at radius 3 is 2.40 bits per heavy atom. The predicted molar refractivity (Wildman–Crippen MR) is 155 cm³/mol. The fourth-order valence-electron chi connectivity index (χ4n) is 5.36. The van der Waals surface area contributed by atoms with Crippen LogP contribution in [-0.2, 0) is 12.7 Å². The van der Waals surface area contributed by atoms with Gasteiger partial charge in [-0.3, -0.25) is 9.36 Å². The minimum atomic E-state index is -4.52. The van der Waals surface area contributed by atoms with E-state index in [1.54, 1.807) is 34.9 Å². The van der Waals surface area contributed by atoms with Crippen LogP contribution >= 0.6 is 15.9 Å². The molecule has 0 aliphatic heterocycles. The molecule has 2 aliphatic rings. The van der Waals surface area contributed by atoms with Gasteiger partial charge in [0.25, 0.3) is 5.56 Å². The van der Waals surface area contributed by atoms with Gasteiger partial charge in [0.05, 0.1) is 35.2 Å². The summed E-state index contributed by atoms with van der Waals surface area (Å²) in [5.74, 6) is 1.10. The van der Waals surface area contributed by atoms with Crippen molar-refractivity contribution < 1.29 is 17.9 Å². The predicted octanol–water partition coefficient (Wildman–Crippen LogP) is 6.34. The number of fused-ring (bicyclic) bond motifs is 1. The van der Waals surface area contributed by atoms with E-state index in [4.69, 9.17) is 14.7 Å². The second kappa shape index (κ2) is 10.2. The van der Waals surface area contributed by atoms with Crippen molar-refractivity contribution in [3.05, 3.63) is 85.9 Å². The average molecular weight is 652 g/mol. The number of hydrogen-bond acceptors (Lipinski definition) is 7. The minimum Gasteiger partial charge on any atom is -0.480 e. The Morgan fingerprint density at radius 1 is 1.02 bits per heavy atom. The zero-order valence-corrected chi connectivity index (χ0v) is 24.8. The summed E-state index contributed by atoms with van der Waals surface area (Å²) in [5.41, 5.74) is 3.21. The number of alkyl halides is 3. The molecule has 0 unspecified atom stereocenters. The number of hydrogen-bond donors (Lipinski definition) is 0. The molecular weight excluding hydrogens is 627 g/mol. The van der Waals surface area contributed by atoms with Crippen molar-refractivity contribution in [2.75, 3.05) is 7.11 Å². The first-order chi connectivity index (χ1) is 20.6. The van der Waals surface area contributed by atoms with Gasteiger partial charge in [-0.05, 0) is 78.4 Å². The van der Waals surface area contributed by atoms with Gasteiger partial charge < -0.3 is 4.74 Å². The molecule has 2 fully saturated rings. The Bertz CT molecular complexity index is 1950. The third-order valence-corrected chi connectivity index (χ3v) is 8.43. The molecule has 4 aromatic heterocycles. The Balaban J connectivity index is 1.30. The summed E-state index contributed by atoms with van der Waals surface area (Å²) in [4.78, 5) is 31.9. The highest BCUT2D eigenvalue weighted by atomic mass is 79.9. The van der Waals surface area contributed by atoms with Crippen LogP contribution < -0.4 is 10.3 Å². The number of halogens is 4. The van der Waals surface area contributed by atoms with Gasteiger partial charge in [0.2, 0.25) is 5.88 Å².